The molecule has 6 heteroatoms. The van der Waals surface area contributed by atoms with Crippen molar-refractivity contribution in [3.05, 3.63) is 0 Å². The predicted molar refractivity (Wildman–Crippen MR) is 66.4 cm³/mol. The predicted octanol–water partition coefficient (Wildman–Crippen LogP) is 0.0365. The van der Waals surface area contributed by atoms with Crippen LogP contribution in [0.15, 0.2) is 0 Å². The number of hydrogen-bond donors (Lipinski definition) is 1. The molecule has 2 aliphatic rings. The van der Waals surface area contributed by atoms with Crippen LogP contribution in [0.4, 0.5) is 0 Å². The van der Waals surface area contributed by atoms with Crippen molar-refractivity contribution in [3.8, 4) is 0 Å². The molecular weight excluding hydrogens is 240 g/mol. The third kappa shape index (κ3) is 3.91. The second-order valence-corrected chi connectivity index (χ2v) is 7.06. The molecule has 0 spiro atoms. The molecule has 2 fully saturated rings. The van der Waals surface area contributed by atoms with E-state index in [0.717, 1.165) is 39.0 Å². The third-order valence-electron chi connectivity index (χ3n) is 3.64. The lowest BCUT2D eigenvalue weighted by Gasteiger charge is -2.31. The zero-order chi connectivity index (χ0) is 12.3. The van der Waals surface area contributed by atoms with Crippen LogP contribution in [0, 0.1) is 5.92 Å². The highest BCUT2D eigenvalue weighted by Gasteiger charge is 2.25. The van der Waals surface area contributed by atoms with Crippen LogP contribution in [-0.2, 0) is 14.8 Å². The fourth-order valence-electron chi connectivity index (χ4n) is 2.47. The van der Waals surface area contributed by atoms with E-state index >= 15 is 0 Å². The van der Waals surface area contributed by atoms with E-state index < -0.39 is 10.0 Å². The number of ether oxygens (including phenoxy) is 1. The Morgan fingerprint density at radius 2 is 2.00 bits per heavy atom. The van der Waals surface area contributed by atoms with E-state index in [1.807, 2.05) is 0 Å². The molecule has 2 heterocycles. The number of sulfonamides is 1. The lowest BCUT2D eigenvalue weighted by Crippen LogP contribution is -2.45. The minimum atomic E-state index is -2.99. The summed E-state index contributed by atoms with van der Waals surface area (Å²) in [7, 11) is -2.99. The molecule has 1 unspecified atom stereocenters. The van der Waals surface area contributed by atoms with Crippen LogP contribution in [0.3, 0.4) is 0 Å². The molecule has 5 nitrogen and oxygen atoms in total. The maximum absolute atomic E-state index is 11.3. The lowest BCUT2D eigenvalue weighted by molar-refractivity contribution is 0.183. The molecule has 1 atom stereocenters. The molecular formula is C11H22N2O3S. The van der Waals surface area contributed by atoms with Gasteiger partial charge in [-0.15, -0.1) is 0 Å². The lowest BCUT2D eigenvalue weighted by atomic mass is 10.0. The van der Waals surface area contributed by atoms with E-state index in [4.69, 9.17) is 4.74 Å². The summed E-state index contributed by atoms with van der Waals surface area (Å²) >= 11 is 0. The molecule has 0 aromatic heterocycles. The molecule has 0 aromatic rings. The number of hydrogen-bond acceptors (Lipinski definition) is 4. The van der Waals surface area contributed by atoms with Gasteiger partial charge < -0.3 is 10.1 Å². The summed E-state index contributed by atoms with van der Waals surface area (Å²) in [5.74, 6) is 0.642. The van der Waals surface area contributed by atoms with Gasteiger partial charge in [-0.05, 0) is 25.2 Å². The second kappa shape index (κ2) is 5.65. The van der Waals surface area contributed by atoms with Gasteiger partial charge in [0.25, 0.3) is 0 Å². The van der Waals surface area contributed by atoms with Gasteiger partial charge in [-0.3, -0.25) is 0 Å². The average molecular weight is 262 g/mol. The molecule has 2 saturated heterocycles. The van der Waals surface area contributed by atoms with Crippen LogP contribution < -0.4 is 5.32 Å². The summed E-state index contributed by atoms with van der Waals surface area (Å²) in [6, 6.07) is 0.466. The zero-order valence-corrected chi connectivity index (χ0v) is 11.2. The van der Waals surface area contributed by atoms with Gasteiger partial charge in [-0.1, -0.05) is 0 Å². The van der Waals surface area contributed by atoms with E-state index in [2.05, 4.69) is 5.32 Å². The molecule has 0 aromatic carbocycles. The summed E-state index contributed by atoms with van der Waals surface area (Å²) < 4.78 is 29.6. The van der Waals surface area contributed by atoms with E-state index in [1.165, 1.54) is 6.26 Å². The Kier molecular flexibility index (Phi) is 4.41. The smallest absolute Gasteiger partial charge is 0.211 e. The van der Waals surface area contributed by atoms with Crippen LogP contribution in [0.25, 0.3) is 0 Å². The standard InChI is InChI=1S/C11H22N2O3S/c1-17(14,15)13-5-2-11(3-6-13)12-8-10-4-7-16-9-10/h10-12H,2-9H2,1H3. The number of piperidine rings is 1. The van der Waals surface area contributed by atoms with Crippen molar-refractivity contribution in [2.24, 2.45) is 5.92 Å². The summed E-state index contributed by atoms with van der Waals surface area (Å²) in [6.45, 7) is 4.06. The van der Waals surface area contributed by atoms with Gasteiger partial charge in [-0.25, -0.2) is 12.7 Å². The van der Waals surface area contributed by atoms with Crippen molar-refractivity contribution in [2.45, 2.75) is 25.3 Å². The Hall–Kier alpha value is -0.170. The van der Waals surface area contributed by atoms with Crippen LogP contribution in [0.1, 0.15) is 19.3 Å². The SMILES string of the molecule is CS(=O)(=O)N1CCC(NCC2CCOC2)CC1. The Morgan fingerprint density at radius 1 is 1.29 bits per heavy atom. The van der Waals surface area contributed by atoms with E-state index in [0.29, 0.717) is 25.0 Å². The second-order valence-electron chi connectivity index (χ2n) is 5.07. The van der Waals surface area contributed by atoms with E-state index in [-0.39, 0.29) is 0 Å². The minimum Gasteiger partial charge on any atom is -0.381 e. The Balaban J connectivity index is 1.68. The normalized spacial score (nSPS) is 28.6. The molecule has 0 amide bonds. The Bertz CT molecular complexity index is 331. The maximum Gasteiger partial charge on any atom is 0.211 e. The van der Waals surface area contributed by atoms with Crippen LogP contribution in [-0.4, -0.2) is 57.9 Å². The maximum atomic E-state index is 11.3. The largest absolute Gasteiger partial charge is 0.381 e. The molecule has 2 rings (SSSR count). The van der Waals surface area contributed by atoms with Crippen molar-refractivity contribution >= 4 is 10.0 Å². The molecule has 0 aliphatic carbocycles. The zero-order valence-electron chi connectivity index (χ0n) is 10.4. The first-order valence-corrected chi connectivity index (χ1v) is 8.17. The van der Waals surface area contributed by atoms with Crippen molar-refractivity contribution in [1.29, 1.82) is 0 Å². The monoisotopic (exact) mass is 262 g/mol. The summed E-state index contributed by atoms with van der Waals surface area (Å²) in [5, 5.41) is 3.53. The van der Waals surface area contributed by atoms with Gasteiger partial charge in [0.15, 0.2) is 0 Å². The number of nitrogens with zero attached hydrogens (tertiary/aromatic N) is 1. The first-order valence-electron chi connectivity index (χ1n) is 6.32. The quantitative estimate of drug-likeness (QED) is 0.777. The van der Waals surface area contributed by atoms with Gasteiger partial charge in [0.1, 0.15) is 0 Å². The average Bonchev–Trinajstić information content (AvgIpc) is 2.78. The van der Waals surface area contributed by atoms with Crippen molar-refractivity contribution in [3.63, 3.8) is 0 Å². The highest BCUT2D eigenvalue weighted by atomic mass is 32.2. The van der Waals surface area contributed by atoms with Crippen LogP contribution >= 0.6 is 0 Å². The van der Waals surface area contributed by atoms with Crippen molar-refractivity contribution in [1.82, 2.24) is 9.62 Å². The van der Waals surface area contributed by atoms with Gasteiger partial charge in [0.2, 0.25) is 10.0 Å². The van der Waals surface area contributed by atoms with Crippen LogP contribution in [0.2, 0.25) is 0 Å². The van der Waals surface area contributed by atoms with E-state index in [9.17, 15) is 8.42 Å². The Morgan fingerprint density at radius 3 is 2.53 bits per heavy atom. The van der Waals surface area contributed by atoms with Gasteiger partial charge >= 0.3 is 0 Å². The molecule has 0 saturated carbocycles. The number of nitrogens with one attached hydrogen (secondary N) is 1. The molecule has 2 aliphatic heterocycles. The first-order chi connectivity index (χ1) is 8.05. The molecule has 1 N–H and O–H groups in total. The highest BCUT2D eigenvalue weighted by molar-refractivity contribution is 7.88. The first kappa shape index (κ1) is 13.3. The fraction of sp³-hybridized carbons (Fsp3) is 1.00. The van der Waals surface area contributed by atoms with Gasteiger partial charge in [0.05, 0.1) is 12.9 Å². The molecule has 0 radical (unpaired) electrons. The summed E-state index contributed by atoms with van der Waals surface area (Å²) in [4.78, 5) is 0. The fourth-order valence-corrected chi connectivity index (χ4v) is 3.34. The highest BCUT2D eigenvalue weighted by Crippen LogP contribution is 2.15. The van der Waals surface area contributed by atoms with Crippen molar-refractivity contribution in [2.75, 3.05) is 39.1 Å². The summed E-state index contributed by atoms with van der Waals surface area (Å²) in [6.07, 6.45) is 4.27. The van der Waals surface area contributed by atoms with E-state index in [1.54, 1.807) is 4.31 Å². The topological polar surface area (TPSA) is 58.6 Å². The number of rotatable bonds is 4. The molecule has 100 valence electrons. The Labute approximate surface area is 104 Å². The van der Waals surface area contributed by atoms with Gasteiger partial charge in [-0.2, -0.15) is 0 Å². The molecule has 0 bridgehead atoms. The third-order valence-corrected chi connectivity index (χ3v) is 4.95. The van der Waals surface area contributed by atoms with Crippen LogP contribution in [0.5, 0.6) is 0 Å². The minimum absolute atomic E-state index is 0.466. The van der Waals surface area contributed by atoms with Crippen molar-refractivity contribution < 1.29 is 13.2 Å². The summed E-state index contributed by atoms with van der Waals surface area (Å²) in [5.41, 5.74) is 0. The molecule has 17 heavy (non-hydrogen) atoms. The van der Waals surface area contributed by atoms with Gasteiger partial charge in [0, 0.05) is 32.3 Å².